The van der Waals surface area contributed by atoms with Crippen molar-refractivity contribution in [3.63, 3.8) is 0 Å². The van der Waals surface area contributed by atoms with Crippen molar-refractivity contribution >= 4 is 28.8 Å². The number of nitrogens with one attached hydrogen (secondary N) is 1. The number of amides is 1. The Kier molecular flexibility index (Phi) is 4.54. The Morgan fingerprint density at radius 2 is 2.39 bits per heavy atom. The third-order valence-electron chi connectivity index (χ3n) is 2.33. The third-order valence-corrected chi connectivity index (χ3v) is 2.86. The van der Waals surface area contributed by atoms with Gasteiger partial charge < -0.3 is 10.1 Å². The molecule has 0 saturated carbocycles. The van der Waals surface area contributed by atoms with Crippen molar-refractivity contribution in [3.05, 3.63) is 17.8 Å². The summed E-state index contributed by atoms with van der Waals surface area (Å²) in [6.45, 7) is 3.89. The number of aromatic nitrogens is 3. The van der Waals surface area contributed by atoms with Gasteiger partial charge in [0.15, 0.2) is 5.65 Å². The highest BCUT2D eigenvalue weighted by atomic mass is 32.1. The number of pyridine rings is 1. The van der Waals surface area contributed by atoms with Crippen LogP contribution in [0.2, 0.25) is 0 Å². The molecular weight excluding hydrogens is 252 g/mol. The van der Waals surface area contributed by atoms with E-state index in [1.807, 2.05) is 6.92 Å². The summed E-state index contributed by atoms with van der Waals surface area (Å²) >= 11 is 1.09. The number of ether oxygens (including phenoxy) is 1. The Morgan fingerprint density at radius 3 is 3.22 bits per heavy atom. The number of fused-ring (bicyclic) bond motifs is 1. The highest BCUT2D eigenvalue weighted by Crippen LogP contribution is 2.10. The van der Waals surface area contributed by atoms with E-state index in [4.69, 9.17) is 4.74 Å². The highest BCUT2D eigenvalue weighted by molar-refractivity contribution is 7.00. The van der Waals surface area contributed by atoms with Crippen molar-refractivity contribution in [2.24, 2.45) is 0 Å². The van der Waals surface area contributed by atoms with Crippen molar-refractivity contribution < 1.29 is 9.53 Å². The summed E-state index contributed by atoms with van der Waals surface area (Å²) in [5.41, 5.74) is 1.74. The second kappa shape index (κ2) is 6.36. The molecule has 2 aromatic heterocycles. The standard InChI is InChI=1S/C11H14N4O2S/c1-2-17-5-3-4-12-11(16)8-6-9-10(13-7-8)15-18-14-9/h6-7H,2-5H2,1H3,(H,12,16). The molecule has 0 aliphatic rings. The second-order valence-corrected chi connectivity index (χ2v) is 4.17. The van der Waals surface area contributed by atoms with Gasteiger partial charge >= 0.3 is 0 Å². The van der Waals surface area contributed by atoms with Crippen LogP contribution in [0.3, 0.4) is 0 Å². The fourth-order valence-electron chi connectivity index (χ4n) is 1.43. The zero-order valence-corrected chi connectivity index (χ0v) is 10.9. The van der Waals surface area contributed by atoms with Crippen LogP contribution < -0.4 is 5.32 Å². The van der Waals surface area contributed by atoms with Crippen LogP contribution in [0.1, 0.15) is 23.7 Å². The van der Waals surface area contributed by atoms with Crippen molar-refractivity contribution in [1.29, 1.82) is 0 Å². The number of carbonyl (C=O) groups is 1. The minimum absolute atomic E-state index is 0.145. The van der Waals surface area contributed by atoms with Crippen LogP contribution >= 0.6 is 11.7 Å². The molecule has 96 valence electrons. The summed E-state index contributed by atoms with van der Waals surface area (Å²) < 4.78 is 13.2. The Balaban J connectivity index is 1.88. The van der Waals surface area contributed by atoms with Crippen molar-refractivity contribution in [1.82, 2.24) is 19.0 Å². The molecule has 0 saturated heterocycles. The van der Waals surface area contributed by atoms with E-state index in [1.165, 1.54) is 6.20 Å². The zero-order chi connectivity index (χ0) is 12.8. The van der Waals surface area contributed by atoms with Gasteiger partial charge in [-0.25, -0.2) is 4.98 Å². The molecule has 0 aromatic carbocycles. The first-order chi connectivity index (χ1) is 8.81. The molecule has 1 N–H and O–H groups in total. The fourth-order valence-corrected chi connectivity index (χ4v) is 1.91. The maximum atomic E-state index is 11.8. The molecule has 0 fully saturated rings. The quantitative estimate of drug-likeness (QED) is 0.796. The monoisotopic (exact) mass is 266 g/mol. The predicted octanol–water partition coefficient (Wildman–Crippen LogP) is 1.24. The van der Waals surface area contributed by atoms with E-state index < -0.39 is 0 Å². The Hall–Kier alpha value is -1.60. The molecule has 1 amide bonds. The van der Waals surface area contributed by atoms with Gasteiger partial charge in [0.25, 0.3) is 5.91 Å². The lowest BCUT2D eigenvalue weighted by molar-refractivity contribution is 0.0944. The molecule has 2 heterocycles. The maximum Gasteiger partial charge on any atom is 0.252 e. The molecular formula is C11H14N4O2S. The van der Waals surface area contributed by atoms with E-state index in [-0.39, 0.29) is 5.91 Å². The van der Waals surface area contributed by atoms with Crippen LogP contribution in [0.5, 0.6) is 0 Å². The van der Waals surface area contributed by atoms with Crippen LogP contribution in [0.4, 0.5) is 0 Å². The number of nitrogens with zero attached hydrogens (tertiary/aromatic N) is 3. The fraction of sp³-hybridized carbons (Fsp3) is 0.455. The van der Waals surface area contributed by atoms with Gasteiger partial charge in [0.05, 0.1) is 17.3 Å². The van der Waals surface area contributed by atoms with Crippen molar-refractivity contribution in [3.8, 4) is 0 Å². The van der Waals surface area contributed by atoms with Gasteiger partial charge in [0.2, 0.25) is 0 Å². The Morgan fingerprint density at radius 1 is 1.50 bits per heavy atom. The second-order valence-electron chi connectivity index (χ2n) is 3.64. The first kappa shape index (κ1) is 12.8. The largest absolute Gasteiger partial charge is 0.382 e. The van der Waals surface area contributed by atoms with Gasteiger partial charge in [-0.05, 0) is 19.4 Å². The van der Waals surface area contributed by atoms with Gasteiger partial charge in [-0.3, -0.25) is 4.79 Å². The third kappa shape index (κ3) is 3.21. The molecule has 0 unspecified atom stereocenters. The lowest BCUT2D eigenvalue weighted by atomic mass is 10.2. The Labute approximate surface area is 109 Å². The molecule has 7 heteroatoms. The van der Waals surface area contributed by atoms with Crippen LogP contribution in [0, 0.1) is 0 Å². The zero-order valence-electron chi connectivity index (χ0n) is 10.0. The van der Waals surface area contributed by atoms with Crippen LogP contribution in [0.15, 0.2) is 12.3 Å². The molecule has 2 aromatic rings. The van der Waals surface area contributed by atoms with Gasteiger partial charge in [-0.15, -0.1) is 0 Å². The predicted molar refractivity (Wildman–Crippen MR) is 68.7 cm³/mol. The summed E-state index contributed by atoms with van der Waals surface area (Å²) in [7, 11) is 0. The highest BCUT2D eigenvalue weighted by Gasteiger charge is 2.08. The molecule has 0 aliphatic heterocycles. The van der Waals surface area contributed by atoms with E-state index in [9.17, 15) is 4.79 Å². The number of rotatable bonds is 6. The van der Waals surface area contributed by atoms with Gasteiger partial charge in [-0.2, -0.15) is 8.75 Å². The summed E-state index contributed by atoms with van der Waals surface area (Å²) in [5.74, 6) is -0.145. The molecule has 6 nitrogen and oxygen atoms in total. The average Bonchev–Trinajstić information content (AvgIpc) is 2.85. The van der Waals surface area contributed by atoms with E-state index in [0.717, 1.165) is 18.1 Å². The lowest BCUT2D eigenvalue weighted by Gasteiger charge is -2.04. The van der Waals surface area contributed by atoms with E-state index in [1.54, 1.807) is 6.07 Å². The van der Waals surface area contributed by atoms with E-state index in [2.05, 4.69) is 19.0 Å². The smallest absolute Gasteiger partial charge is 0.252 e. The van der Waals surface area contributed by atoms with Gasteiger partial charge in [0, 0.05) is 26.0 Å². The summed E-state index contributed by atoms with van der Waals surface area (Å²) in [6, 6.07) is 1.70. The maximum absolute atomic E-state index is 11.8. The van der Waals surface area contributed by atoms with Gasteiger partial charge in [-0.1, -0.05) is 0 Å². The minimum Gasteiger partial charge on any atom is -0.382 e. The first-order valence-electron chi connectivity index (χ1n) is 5.75. The summed E-state index contributed by atoms with van der Waals surface area (Å²) in [4.78, 5) is 15.9. The molecule has 0 atom stereocenters. The molecule has 2 rings (SSSR count). The lowest BCUT2D eigenvalue weighted by Crippen LogP contribution is -2.25. The number of hydrogen-bond acceptors (Lipinski definition) is 6. The normalized spacial score (nSPS) is 10.7. The average molecular weight is 266 g/mol. The SMILES string of the molecule is CCOCCCNC(=O)c1cnc2nsnc2c1. The molecule has 0 spiro atoms. The molecule has 0 aliphatic carbocycles. The number of hydrogen-bond donors (Lipinski definition) is 1. The van der Waals surface area contributed by atoms with Crippen LogP contribution in [0.25, 0.3) is 11.2 Å². The van der Waals surface area contributed by atoms with Gasteiger partial charge in [0.1, 0.15) is 5.52 Å². The minimum atomic E-state index is -0.145. The molecule has 18 heavy (non-hydrogen) atoms. The van der Waals surface area contributed by atoms with E-state index >= 15 is 0 Å². The summed E-state index contributed by atoms with van der Waals surface area (Å²) in [5, 5.41) is 2.81. The van der Waals surface area contributed by atoms with E-state index in [0.29, 0.717) is 36.5 Å². The summed E-state index contributed by atoms with van der Waals surface area (Å²) in [6.07, 6.45) is 2.31. The molecule has 0 radical (unpaired) electrons. The van der Waals surface area contributed by atoms with Crippen molar-refractivity contribution in [2.75, 3.05) is 19.8 Å². The topological polar surface area (TPSA) is 77.0 Å². The van der Waals surface area contributed by atoms with Crippen LogP contribution in [-0.4, -0.2) is 39.4 Å². The van der Waals surface area contributed by atoms with Crippen molar-refractivity contribution in [2.45, 2.75) is 13.3 Å². The Bertz CT molecular complexity index is 528. The number of carbonyl (C=O) groups excluding carboxylic acids is 1. The van der Waals surface area contributed by atoms with Crippen LogP contribution in [-0.2, 0) is 4.74 Å². The first-order valence-corrected chi connectivity index (χ1v) is 6.48. The molecule has 0 bridgehead atoms.